The van der Waals surface area contributed by atoms with Crippen LogP contribution in [0.15, 0.2) is 47.0 Å². The van der Waals surface area contributed by atoms with Crippen molar-refractivity contribution in [3.05, 3.63) is 64.5 Å². The number of hydrogen-bond donors (Lipinski definition) is 0. The fourth-order valence-electron chi connectivity index (χ4n) is 3.49. The van der Waals surface area contributed by atoms with Crippen molar-refractivity contribution < 1.29 is 18.8 Å². The van der Waals surface area contributed by atoms with Gasteiger partial charge in [-0.3, -0.25) is 14.5 Å². The molecule has 3 aromatic rings. The lowest BCUT2D eigenvalue weighted by molar-refractivity contribution is 0.0651. The first kappa shape index (κ1) is 20.1. The molecule has 1 aliphatic heterocycles. The summed E-state index contributed by atoms with van der Waals surface area (Å²) in [4.78, 5) is 30.5. The number of aromatic nitrogens is 2. The maximum atomic E-state index is 12.4. The predicted octanol–water partition coefficient (Wildman–Crippen LogP) is 4.41. The average Bonchev–Trinajstić information content (AvgIpc) is 3.32. The molecule has 0 bridgehead atoms. The van der Waals surface area contributed by atoms with Gasteiger partial charge < -0.3 is 9.26 Å². The fraction of sp³-hybridized carbons (Fsp3) is 0.273. The molecule has 30 heavy (non-hydrogen) atoms. The van der Waals surface area contributed by atoms with Crippen LogP contribution in [0.25, 0.3) is 11.4 Å². The third-order valence-corrected chi connectivity index (χ3v) is 5.26. The highest BCUT2D eigenvalue weighted by atomic mass is 35.5. The maximum Gasteiger partial charge on any atom is 0.261 e. The Labute approximate surface area is 178 Å². The van der Waals surface area contributed by atoms with E-state index >= 15 is 0 Å². The number of aryl methyl sites for hydroxylation is 1. The van der Waals surface area contributed by atoms with E-state index in [4.69, 9.17) is 20.9 Å². The number of carbonyl (C=O) groups excluding carboxylic acids is 2. The zero-order valence-corrected chi connectivity index (χ0v) is 17.2. The summed E-state index contributed by atoms with van der Waals surface area (Å²) < 4.78 is 10.7. The van der Waals surface area contributed by atoms with Gasteiger partial charge in [0.1, 0.15) is 5.75 Å². The van der Waals surface area contributed by atoms with Crippen molar-refractivity contribution >= 4 is 23.4 Å². The first-order valence-corrected chi connectivity index (χ1v) is 10.1. The van der Waals surface area contributed by atoms with Gasteiger partial charge in [-0.1, -0.05) is 35.3 Å². The number of nitrogens with zero attached hydrogens (tertiary/aromatic N) is 3. The number of fused-ring (bicyclic) bond motifs is 1. The third kappa shape index (κ3) is 3.93. The van der Waals surface area contributed by atoms with Gasteiger partial charge in [-0.25, -0.2) is 0 Å². The van der Waals surface area contributed by atoms with Crippen molar-refractivity contribution in [3.8, 4) is 17.1 Å². The summed E-state index contributed by atoms with van der Waals surface area (Å²) >= 11 is 6.06. The molecule has 0 spiro atoms. The number of imide groups is 1. The van der Waals surface area contributed by atoms with E-state index in [0.717, 1.165) is 12.8 Å². The second-order valence-electron chi connectivity index (χ2n) is 6.97. The number of halogens is 1. The van der Waals surface area contributed by atoms with Crippen LogP contribution in [0.1, 0.15) is 45.9 Å². The van der Waals surface area contributed by atoms with Crippen LogP contribution in [0.2, 0.25) is 5.02 Å². The molecule has 2 amide bonds. The van der Waals surface area contributed by atoms with Gasteiger partial charge in [0.15, 0.2) is 0 Å². The van der Waals surface area contributed by atoms with Crippen LogP contribution < -0.4 is 4.74 Å². The number of unbranched alkanes of at least 4 members (excludes halogenated alkanes) is 2. The Balaban J connectivity index is 1.28. The highest BCUT2D eigenvalue weighted by Crippen LogP contribution is 2.30. The first-order chi connectivity index (χ1) is 14.6. The maximum absolute atomic E-state index is 12.4. The second kappa shape index (κ2) is 8.67. The van der Waals surface area contributed by atoms with Crippen molar-refractivity contribution in [2.75, 3.05) is 13.7 Å². The number of amides is 2. The molecule has 0 fully saturated rings. The van der Waals surface area contributed by atoms with Crippen LogP contribution in [-0.4, -0.2) is 40.5 Å². The summed E-state index contributed by atoms with van der Waals surface area (Å²) in [5, 5.41) is 4.58. The molecule has 0 saturated carbocycles. The summed E-state index contributed by atoms with van der Waals surface area (Å²) in [5.41, 5.74) is 1.64. The van der Waals surface area contributed by atoms with Crippen molar-refractivity contribution in [2.24, 2.45) is 0 Å². The van der Waals surface area contributed by atoms with Crippen molar-refractivity contribution in [2.45, 2.75) is 25.7 Å². The van der Waals surface area contributed by atoms with Gasteiger partial charge in [0.05, 0.1) is 23.8 Å². The van der Waals surface area contributed by atoms with Gasteiger partial charge in [0, 0.05) is 18.0 Å². The van der Waals surface area contributed by atoms with Gasteiger partial charge in [-0.05, 0) is 43.2 Å². The minimum absolute atomic E-state index is 0.215. The number of hydrogen-bond acceptors (Lipinski definition) is 6. The van der Waals surface area contributed by atoms with E-state index in [1.165, 1.54) is 4.90 Å². The Kier molecular flexibility index (Phi) is 5.81. The summed E-state index contributed by atoms with van der Waals surface area (Å²) in [6.07, 6.45) is 2.95. The SMILES string of the molecule is COc1ccc(Cl)cc1-c1noc(CCCCCN2C(=O)c3ccccc3C2=O)n1. The molecule has 7 nitrogen and oxygen atoms in total. The van der Waals surface area contributed by atoms with E-state index in [0.29, 0.717) is 58.6 Å². The van der Waals surface area contributed by atoms with Gasteiger partial charge in [0.25, 0.3) is 11.8 Å². The molecule has 0 saturated heterocycles. The molecule has 8 heteroatoms. The zero-order valence-electron chi connectivity index (χ0n) is 16.4. The Morgan fingerprint density at radius 1 is 1.00 bits per heavy atom. The number of carbonyl (C=O) groups is 2. The number of methoxy groups -OCH3 is 1. The van der Waals surface area contributed by atoms with E-state index in [9.17, 15) is 9.59 Å². The molecule has 0 atom stereocenters. The molecule has 2 aromatic carbocycles. The molecular formula is C22H20ClN3O4. The molecular weight excluding hydrogens is 406 g/mol. The van der Waals surface area contributed by atoms with Crippen molar-refractivity contribution in [3.63, 3.8) is 0 Å². The van der Waals surface area contributed by atoms with E-state index in [1.807, 2.05) is 0 Å². The summed E-state index contributed by atoms with van der Waals surface area (Å²) in [6, 6.07) is 12.1. The second-order valence-corrected chi connectivity index (χ2v) is 7.41. The van der Waals surface area contributed by atoms with Gasteiger partial charge >= 0.3 is 0 Å². The van der Waals surface area contributed by atoms with E-state index in [-0.39, 0.29) is 11.8 Å². The lowest BCUT2D eigenvalue weighted by Gasteiger charge is -2.13. The minimum Gasteiger partial charge on any atom is -0.496 e. The van der Waals surface area contributed by atoms with E-state index < -0.39 is 0 Å². The standard InChI is InChI=1S/C22H20ClN3O4/c1-29-18-11-10-14(23)13-17(18)20-24-19(30-25-20)9-3-2-6-12-26-21(27)15-7-4-5-8-16(15)22(26)28/h4-5,7-8,10-11,13H,2-3,6,9,12H2,1H3. The molecule has 0 radical (unpaired) electrons. The zero-order chi connectivity index (χ0) is 21.1. The normalized spacial score (nSPS) is 13.1. The third-order valence-electron chi connectivity index (χ3n) is 5.02. The van der Waals surface area contributed by atoms with Crippen LogP contribution in [-0.2, 0) is 6.42 Å². The van der Waals surface area contributed by atoms with Crippen molar-refractivity contribution in [1.29, 1.82) is 0 Å². The van der Waals surface area contributed by atoms with Crippen molar-refractivity contribution in [1.82, 2.24) is 15.0 Å². The lowest BCUT2D eigenvalue weighted by atomic mass is 10.1. The number of ether oxygens (including phenoxy) is 1. The van der Waals surface area contributed by atoms with Gasteiger partial charge in [-0.15, -0.1) is 0 Å². The van der Waals surface area contributed by atoms with Crippen LogP contribution >= 0.6 is 11.6 Å². The molecule has 1 aromatic heterocycles. The minimum atomic E-state index is -0.215. The summed E-state index contributed by atoms with van der Waals surface area (Å²) in [5.74, 6) is 1.14. The lowest BCUT2D eigenvalue weighted by Crippen LogP contribution is -2.30. The topological polar surface area (TPSA) is 85.5 Å². The van der Waals surface area contributed by atoms with Crippen LogP contribution in [0, 0.1) is 0 Å². The molecule has 2 heterocycles. The highest BCUT2D eigenvalue weighted by Gasteiger charge is 2.34. The molecule has 0 N–H and O–H groups in total. The highest BCUT2D eigenvalue weighted by molar-refractivity contribution is 6.31. The molecule has 154 valence electrons. The molecule has 4 rings (SSSR count). The Hall–Kier alpha value is -3.19. The number of benzene rings is 2. The molecule has 0 unspecified atom stereocenters. The molecule has 1 aliphatic rings. The van der Waals surface area contributed by atoms with Crippen LogP contribution in [0.3, 0.4) is 0 Å². The van der Waals surface area contributed by atoms with E-state index in [1.54, 1.807) is 49.6 Å². The Morgan fingerprint density at radius 3 is 2.43 bits per heavy atom. The predicted molar refractivity (Wildman–Crippen MR) is 111 cm³/mol. The number of rotatable bonds is 8. The Morgan fingerprint density at radius 2 is 1.73 bits per heavy atom. The summed E-state index contributed by atoms with van der Waals surface area (Å²) in [6.45, 7) is 0.404. The fourth-order valence-corrected chi connectivity index (χ4v) is 3.66. The monoisotopic (exact) mass is 425 g/mol. The first-order valence-electron chi connectivity index (χ1n) is 9.70. The van der Waals surface area contributed by atoms with Crippen LogP contribution in [0.4, 0.5) is 0 Å². The smallest absolute Gasteiger partial charge is 0.261 e. The van der Waals surface area contributed by atoms with Gasteiger partial charge in [-0.2, -0.15) is 4.98 Å². The largest absolute Gasteiger partial charge is 0.496 e. The Bertz CT molecular complexity index is 1060. The van der Waals surface area contributed by atoms with Gasteiger partial charge in [0.2, 0.25) is 11.7 Å². The van der Waals surface area contributed by atoms with Crippen LogP contribution in [0.5, 0.6) is 5.75 Å². The quantitative estimate of drug-likeness (QED) is 0.392. The van der Waals surface area contributed by atoms with E-state index in [2.05, 4.69) is 10.1 Å². The summed E-state index contributed by atoms with van der Waals surface area (Å²) in [7, 11) is 1.57. The molecule has 0 aliphatic carbocycles. The average molecular weight is 426 g/mol.